The molecule has 1 aromatic rings. The van der Waals surface area contributed by atoms with Crippen LogP contribution in [-0.4, -0.2) is 44.3 Å². The van der Waals surface area contributed by atoms with Gasteiger partial charge in [0.05, 0.1) is 5.57 Å². The summed E-state index contributed by atoms with van der Waals surface area (Å²) in [5, 5.41) is 37.1. The molecule has 1 aliphatic rings. The number of hydrogen-bond acceptors (Lipinski definition) is 5. The first-order chi connectivity index (χ1) is 11.6. The lowest BCUT2D eigenvalue weighted by Crippen LogP contribution is -2.38. The number of aliphatic carboxylic acids is 2. The Kier molecular flexibility index (Phi) is 4.34. The molecule has 0 saturated heterocycles. The molecular formula is C16H12O9. The predicted octanol–water partition coefficient (Wildman–Crippen LogP) is 1.53. The van der Waals surface area contributed by atoms with Crippen molar-refractivity contribution in [2.45, 2.75) is 12.3 Å². The Morgan fingerprint density at radius 3 is 2.12 bits per heavy atom. The van der Waals surface area contributed by atoms with Gasteiger partial charge >= 0.3 is 23.9 Å². The summed E-state index contributed by atoms with van der Waals surface area (Å²) in [5.74, 6) is -7.64. The first kappa shape index (κ1) is 17.7. The maximum atomic E-state index is 12.0. The minimum Gasteiger partial charge on any atom is -0.480 e. The minimum absolute atomic E-state index is 0.0415. The number of rotatable bonds is 5. The Labute approximate surface area is 139 Å². The number of carboxylic acids is 4. The molecule has 0 fully saturated rings. The van der Waals surface area contributed by atoms with Crippen LogP contribution in [0.25, 0.3) is 0 Å². The second kappa shape index (κ2) is 6.11. The Balaban J connectivity index is 2.82. The average molecular weight is 348 g/mol. The summed E-state index contributed by atoms with van der Waals surface area (Å²) >= 11 is 0. The molecule has 1 heterocycles. The zero-order valence-electron chi connectivity index (χ0n) is 12.7. The van der Waals surface area contributed by atoms with E-state index in [1.54, 1.807) is 0 Å². The zero-order valence-corrected chi connectivity index (χ0v) is 12.7. The highest BCUT2D eigenvalue weighted by molar-refractivity contribution is 6.00. The smallest absolute Gasteiger partial charge is 0.372 e. The van der Waals surface area contributed by atoms with Crippen molar-refractivity contribution in [1.82, 2.24) is 0 Å². The molecule has 1 atom stereocenters. The minimum atomic E-state index is -2.10. The molecule has 0 aliphatic heterocycles. The molecule has 0 amide bonds. The van der Waals surface area contributed by atoms with Crippen LogP contribution in [0, 0.1) is 0 Å². The van der Waals surface area contributed by atoms with Gasteiger partial charge in [-0.05, 0) is 30.7 Å². The third-order valence-corrected chi connectivity index (χ3v) is 3.74. The molecule has 2 rings (SSSR count). The van der Waals surface area contributed by atoms with E-state index in [9.17, 15) is 29.4 Å². The van der Waals surface area contributed by atoms with Crippen molar-refractivity contribution >= 4 is 23.9 Å². The Bertz CT molecular complexity index is 881. The molecule has 0 spiro atoms. The fourth-order valence-electron chi connectivity index (χ4n) is 2.59. The molecule has 0 bridgehead atoms. The molecule has 25 heavy (non-hydrogen) atoms. The fourth-order valence-corrected chi connectivity index (χ4v) is 2.59. The molecule has 4 N–H and O–H groups in total. The summed E-state index contributed by atoms with van der Waals surface area (Å²) in [6, 6.07) is 0.813. The van der Waals surface area contributed by atoms with Gasteiger partial charge in [0.15, 0.2) is 0 Å². The van der Waals surface area contributed by atoms with Gasteiger partial charge < -0.3 is 24.8 Å². The molecule has 1 aromatic heterocycles. The van der Waals surface area contributed by atoms with Gasteiger partial charge in [-0.2, -0.15) is 0 Å². The van der Waals surface area contributed by atoms with Gasteiger partial charge in [0, 0.05) is 5.56 Å². The monoisotopic (exact) mass is 348 g/mol. The number of furan rings is 1. The number of aromatic carboxylic acids is 2. The maximum Gasteiger partial charge on any atom is 0.372 e. The maximum absolute atomic E-state index is 12.0. The van der Waals surface area contributed by atoms with Crippen LogP contribution in [0.1, 0.15) is 33.6 Å². The topological polar surface area (TPSA) is 162 Å². The van der Waals surface area contributed by atoms with Crippen molar-refractivity contribution < 1.29 is 44.0 Å². The Morgan fingerprint density at radius 1 is 1.04 bits per heavy atom. The van der Waals surface area contributed by atoms with Crippen LogP contribution >= 0.6 is 0 Å². The van der Waals surface area contributed by atoms with Crippen LogP contribution in [-0.2, 0) is 15.0 Å². The van der Waals surface area contributed by atoms with Crippen molar-refractivity contribution in [1.29, 1.82) is 0 Å². The van der Waals surface area contributed by atoms with Crippen molar-refractivity contribution in [3.8, 4) is 0 Å². The zero-order chi connectivity index (χ0) is 18.9. The third-order valence-electron chi connectivity index (χ3n) is 3.74. The normalized spacial score (nSPS) is 21.0. The van der Waals surface area contributed by atoms with Crippen LogP contribution in [0.3, 0.4) is 0 Å². The quantitative estimate of drug-likeness (QED) is 0.618. The van der Waals surface area contributed by atoms with E-state index >= 15 is 0 Å². The predicted molar refractivity (Wildman–Crippen MR) is 80.6 cm³/mol. The number of carbonyl (C=O) groups is 4. The van der Waals surface area contributed by atoms with E-state index in [1.165, 1.54) is 13.0 Å². The Hall–Kier alpha value is -3.62. The lowest BCUT2D eigenvalue weighted by Gasteiger charge is -2.29. The van der Waals surface area contributed by atoms with Crippen molar-refractivity contribution in [3.05, 3.63) is 58.6 Å². The number of carboxylic acid groups (broad SMARTS) is 4. The molecule has 1 aliphatic carbocycles. The van der Waals surface area contributed by atoms with E-state index < -0.39 is 46.4 Å². The molecule has 9 nitrogen and oxygen atoms in total. The molecule has 0 radical (unpaired) electrons. The van der Waals surface area contributed by atoms with Crippen molar-refractivity contribution in [3.63, 3.8) is 0 Å². The van der Waals surface area contributed by atoms with E-state index in [4.69, 9.17) is 14.6 Å². The van der Waals surface area contributed by atoms with Gasteiger partial charge in [-0.1, -0.05) is 12.2 Å². The van der Waals surface area contributed by atoms with Gasteiger partial charge in [0.2, 0.25) is 11.5 Å². The summed E-state index contributed by atoms with van der Waals surface area (Å²) in [6.45, 7) is 1.45. The highest BCUT2D eigenvalue weighted by Gasteiger charge is 2.47. The SMILES string of the molecule is CC=C1C=C(C(=O)O)C=CC1(C(=O)O)c1cc(C(=O)O)oc1C(=O)O. The van der Waals surface area contributed by atoms with E-state index in [2.05, 4.69) is 0 Å². The molecule has 0 saturated carbocycles. The average Bonchev–Trinajstić information content (AvgIpc) is 2.99. The van der Waals surface area contributed by atoms with Crippen LogP contribution in [0.4, 0.5) is 0 Å². The van der Waals surface area contributed by atoms with Crippen LogP contribution in [0.5, 0.6) is 0 Å². The van der Waals surface area contributed by atoms with Gasteiger partial charge in [-0.3, -0.25) is 4.79 Å². The summed E-state index contributed by atoms with van der Waals surface area (Å²) in [6.07, 6.45) is 4.40. The first-order valence-corrected chi connectivity index (χ1v) is 6.80. The summed E-state index contributed by atoms with van der Waals surface area (Å²) in [4.78, 5) is 45.6. The fraction of sp³-hybridized carbons (Fsp3) is 0.125. The second-order valence-electron chi connectivity index (χ2n) is 5.06. The molecular weight excluding hydrogens is 336 g/mol. The molecule has 1 unspecified atom stereocenters. The van der Waals surface area contributed by atoms with Crippen LogP contribution in [0.15, 0.2) is 45.9 Å². The standard InChI is InChI=1S/C16H12O9/c1-2-8-5-7(12(17)18)3-4-16(8,15(23)24)9-6-10(13(19)20)25-11(9)14(21)22/h2-6H,1H3,(H,17,18)(H,19,20)(H,21,22)(H,23,24). The van der Waals surface area contributed by atoms with Gasteiger partial charge in [-0.25, -0.2) is 14.4 Å². The lowest BCUT2D eigenvalue weighted by atomic mass is 9.70. The summed E-state index contributed by atoms with van der Waals surface area (Å²) < 4.78 is 4.77. The molecule has 130 valence electrons. The van der Waals surface area contributed by atoms with E-state index in [-0.39, 0.29) is 11.1 Å². The van der Waals surface area contributed by atoms with E-state index in [1.807, 2.05) is 0 Å². The van der Waals surface area contributed by atoms with Gasteiger partial charge in [0.25, 0.3) is 0 Å². The molecule has 9 heteroatoms. The van der Waals surface area contributed by atoms with Crippen molar-refractivity contribution in [2.75, 3.05) is 0 Å². The number of hydrogen-bond donors (Lipinski definition) is 4. The second-order valence-corrected chi connectivity index (χ2v) is 5.06. The van der Waals surface area contributed by atoms with E-state index in [0.717, 1.165) is 24.3 Å². The van der Waals surface area contributed by atoms with Crippen molar-refractivity contribution in [2.24, 2.45) is 0 Å². The number of allylic oxidation sites excluding steroid dienone is 2. The highest BCUT2D eigenvalue weighted by atomic mass is 16.4. The van der Waals surface area contributed by atoms with E-state index in [0.29, 0.717) is 0 Å². The van der Waals surface area contributed by atoms with Crippen LogP contribution in [0.2, 0.25) is 0 Å². The first-order valence-electron chi connectivity index (χ1n) is 6.80. The highest BCUT2D eigenvalue weighted by Crippen LogP contribution is 2.42. The lowest BCUT2D eigenvalue weighted by molar-refractivity contribution is -0.140. The largest absolute Gasteiger partial charge is 0.480 e. The Morgan fingerprint density at radius 2 is 1.68 bits per heavy atom. The summed E-state index contributed by atoms with van der Waals surface area (Å²) in [7, 11) is 0. The van der Waals surface area contributed by atoms with Crippen LogP contribution < -0.4 is 0 Å². The molecule has 0 aromatic carbocycles. The van der Waals surface area contributed by atoms with Gasteiger partial charge in [-0.15, -0.1) is 0 Å². The third kappa shape index (κ3) is 2.71. The summed E-state index contributed by atoms with van der Waals surface area (Å²) in [5.41, 5.74) is -2.77. The van der Waals surface area contributed by atoms with Gasteiger partial charge in [0.1, 0.15) is 5.41 Å².